The van der Waals surface area contributed by atoms with Crippen molar-refractivity contribution >= 4 is 15.9 Å². The molecule has 74 valence electrons. The van der Waals surface area contributed by atoms with E-state index in [1.54, 1.807) is 0 Å². The fraction of sp³-hybridized carbons (Fsp3) is 1.00. The molecule has 0 amide bonds. The van der Waals surface area contributed by atoms with Gasteiger partial charge in [-0.15, -0.1) is 0 Å². The fourth-order valence-corrected chi connectivity index (χ4v) is 1.97. The van der Waals surface area contributed by atoms with Gasteiger partial charge in [-0.2, -0.15) is 0 Å². The van der Waals surface area contributed by atoms with E-state index < -0.39 is 0 Å². The fourth-order valence-electron chi connectivity index (χ4n) is 1.29. The van der Waals surface area contributed by atoms with E-state index >= 15 is 0 Å². The lowest BCUT2D eigenvalue weighted by molar-refractivity contribution is 0.193. The lowest BCUT2D eigenvalue weighted by Crippen LogP contribution is -2.23. The molecule has 0 aliphatic rings. The molecular formula is C11H23Br. The number of halogens is 1. The van der Waals surface area contributed by atoms with Gasteiger partial charge in [0.1, 0.15) is 0 Å². The normalized spacial score (nSPS) is 15.2. The number of alkyl halides is 1. The summed E-state index contributed by atoms with van der Waals surface area (Å²) >= 11 is 3.58. The Morgan fingerprint density at radius 1 is 1.25 bits per heavy atom. The van der Waals surface area contributed by atoms with Crippen molar-refractivity contribution in [2.75, 3.05) is 5.33 Å². The minimum atomic E-state index is 0.494. The maximum absolute atomic E-state index is 3.58. The van der Waals surface area contributed by atoms with Crippen molar-refractivity contribution in [3.05, 3.63) is 0 Å². The monoisotopic (exact) mass is 234 g/mol. The van der Waals surface area contributed by atoms with Crippen LogP contribution in [0, 0.1) is 17.3 Å². The van der Waals surface area contributed by atoms with Crippen LogP contribution in [0.1, 0.15) is 47.5 Å². The third-order valence-corrected chi connectivity index (χ3v) is 4.09. The van der Waals surface area contributed by atoms with Crippen LogP contribution in [0.25, 0.3) is 0 Å². The van der Waals surface area contributed by atoms with Crippen LogP contribution in [0.15, 0.2) is 0 Å². The van der Waals surface area contributed by atoms with Crippen molar-refractivity contribution < 1.29 is 0 Å². The predicted octanol–water partition coefficient (Wildman–Crippen LogP) is 4.48. The molecule has 0 heterocycles. The summed E-state index contributed by atoms with van der Waals surface area (Å²) in [6.07, 6.45) is 2.63. The lowest BCUT2D eigenvalue weighted by Gasteiger charge is -2.32. The van der Waals surface area contributed by atoms with Crippen molar-refractivity contribution in [3.63, 3.8) is 0 Å². The van der Waals surface area contributed by atoms with Gasteiger partial charge in [-0.1, -0.05) is 57.0 Å². The van der Waals surface area contributed by atoms with Crippen LogP contribution < -0.4 is 0 Å². The van der Waals surface area contributed by atoms with Gasteiger partial charge in [0, 0.05) is 5.33 Å². The van der Waals surface area contributed by atoms with Gasteiger partial charge in [-0.05, 0) is 23.7 Å². The predicted molar refractivity (Wildman–Crippen MR) is 60.8 cm³/mol. The quantitative estimate of drug-likeness (QED) is 0.616. The van der Waals surface area contributed by atoms with Crippen molar-refractivity contribution in [2.45, 2.75) is 47.5 Å². The highest BCUT2D eigenvalue weighted by atomic mass is 79.9. The van der Waals surface area contributed by atoms with Crippen LogP contribution in [0.4, 0.5) is 0 Å². The highest BCUT2D eigenvalue weighted by molar-refractivity contribution is 9.09. The Kier molecular flexibility index (Phi) is 5.47. The first kappa shape index (κ1) is 12.5. The van der Waals surface area contributed by atoms with E-state index in [4.69, 9.17) is 0 Å². The molecule has 0 aliphatic heterocycles. The first-order chi connectivity index (χ1) is 5.44. The van der Waals surface area contributed by atoms with Crippen LogP contribution in [-0.2, 0) is 0 Å². The Morgan fingerprint density at radius 2 is 1.75 bits per heavy atom. The third-order valence-electron chi connectivity index (χ3n) is 3.17. The zero-order valence-electron chi connectivity index (χ0n) is 9.15. The standard InChI is InChI=1S/C11H23Br/c1-6-10(8-12)7-11(4,5)9(2)3/h9-10H,6-8H2,1-5H3. The Labute approximate surface area is 86.3 Å². The van der Waals surface area contributed by atoms with E-state index in [0.29, 0.717) is 5.41 Å². The van der Waals surface area contributed by atoms with E-state index in [2.05, 4.69) is 50.5 Å². The topological polar surface area (TPSA) is 0 Å². The summed E-state index contributed by atoms with van der Waals surface area (Å²) in [7, 11) is 0. The summed E-state index contributed by atoms with van der Waals surface area (Å²) < 4.78 is 0. The van der Waals surface area contributed by atoms with Gasteiger partial charge in [-0.25, -0.2) is 0 Å². The Balaban J connectivity index is 4.02. The van der Waals surface area contributed by atoms with Crippen molar-refractivity contribution in [3.8, 4) is 0 Å². The minimum absolute atomic E-state index is 0.494. The average Bonchev–Trinajstić information content (AvgIpc) is 2.00. The van der Waals surface area contributed by atoms with Crippen LogP contribution in [0.2, 0.25) is 0 Å². The van der Waals surface area contributed by atoms with Gasteiger partial charge in [0.2, 0.25) is 0 Å². The van der Waals surface area contributed by atoms with Gasteiger partial charge < -0.3 is 0 Å². The zero-order valence-corrected chi connectivity index (χ0v) is 10.7. The maximum Gasteiger partial charge on any atom is 0.00597 e. The molecule has 0 radical (unpaired) electrons. The zero-order chi connectivity index (χ0) is 9.78. The molecule has 0 nitrogen and oxygen atoms in total. The molecule has 1 heteroatoms. The summed E-state index contributed by atoms with van der Waals surface area (Å²) in [4.78, 5) is 0. The van der Waals surface area contributed by atoms with Gasteiger partial charge >= 0.3 is 0 Å². The van der Waals surface area contributed by atoms with Crippen molar-refractivity contribution in [1.29, 1.82) is 0 Å². The summed E-state index contributed by atoms with van der Waals surface area (Å²) in [6, 6.07) is 0. The number of hydrogen-bond acceptors (Lipinski definition) is 0. The summed E-state index contributed by atoms with van der Waals surface area (Å²) in [6.45, 7) is 11.7. The molecule has 0 aromatic carbocycles. The second kappa shape index (κ2) is 5.26. The third kappa shape index (κ3) is 3.93. The average molecular weight is 235 g/mol. The van der Waals surface area contributed by atoms with E-state index in [0.717, 1.165) is 17.2 Å². The molecule has 0 rings (SSSR count). The minimum Gasteiger partial charge on any atom is -0.0925 e. The van der Waals surface area contributed by atoms with Gasteiger partial charge in [-0.3, -0.25) is 0 Å². The Morgan fingerprint density at radius 3 is 2.00 bits per heavy atom. The van der Waals surface area contributed by atoms with Gasteiger partial charge in [0.15, 0.2) is 0 Å². The molecule has 1 unspecified atom stereocenters. The Bertz CT molecular complexity index is 112. The van der Waals surface area contributed by atoms with Crippen molar-refractivity contribution in [1.82, 2.24) is 0 Å². The first-order valence-electron chi connectivity index (χ1n) is 5.00. The van der Waals surface area contributed by atoms with Crippen LogP contribution >= 0.6 is 15.9 Å². The van der Waals surface area contributed by atoms with Gasteiger partial charge in [0.05, 0.1) is 0 Å². The SMILES string of the molecule is CCC(CBr)CC(C)(C)C(C)C. The highest BCUT2D eigenvalue weighted by Crippen LogP contribution is 2.34. The van der Waals surface area contributed by atoms with Crippen LogP contribution in [0.5, 0.6) is 0 Å². The molecule has 1 atom stereocenters. The van der Waals surface area contributed by atoms with Crippen LogP contribution in [-0.4, -0.2) is 5.33 Å². The molecule has 0 spiro atoms. The molecule has 0 aromatic rings. The molecule has 0 aromatic heterocycles. The molecule has 0 saturated heterocycles. The summed E-state index contributed by atoms with van der Waals surface area (Å²) in [5.74, 6) is 1.63. The molecular weight excluding hydrogens is 212 g/mol. The summed E-state index contributed by atoms with van der Waals surface area (Å²) in [5, 5.41) is 1.15. The van der Waals surface area contributed by atoms with E-state index in [9.17, 15) is 0 Å². The second-order valence-electron chi connectivity index (χ2n) is 4.78. The Hall–Kier alpha value is 0.480. The van der Waals surface area contributed by atoms with Crippen LogP contribution in [0.3, 0.4) is 0 Å². The lowest BCUT2D eigenvalue weighted by atomic mass is 9.74. The maximum atomic E-state index is 3.58. The summed E-state index contributed by atoms with van der Waals surface area (Å²) in [5.41, 5.74) is 0.494. The molecule has 0 bridgehead atoms. The highest BCUT2D eigenvalue weighted by Gasteiger charge is 2.25. The number of hydrogen-bond donors (Lipinski definition) is 0. The first-order valence-corrected chi connectivity index (χ1v) is 6.12. The number of rotatable bonds is 5. The van der Waals surface area contributed by atoms with E-state index in [1.807, 2.05) is 0 Å². The van der Waals surface area contributed by atoms with Gasteiger partial charge in [0.25, 0.3) is 0 Å². The molecule has 0 aliphatic carbocycles. The van der Waals surface area contributed by atoms with E-state index in [1.165, 1.54) is 12.8 Å². The molecule has 0 saturated carbocycles. The molecule has 0 fully saturated rings. The van der Waals surface area contributed by atoms with E-state index in [-0.39, 0.29) is 0 Å². The molecule has 0 N–H and O–H groups in total. The smallest absolute Gasteiger partial charge is 0.00597 e. The molecule has 12 heavy (non-hydrogen) atoms. The second-order valence-corrected chi connectivity index (χ2v) is 5.42. The largest absolute Gasteiger partial charge is 0.0925 e. The van der Waals surface area contributed by atoms with Crippen molar-refractivity contribution in [2.24, 2.45) is 17.3 Å².